The van der Waals surface area contributed by atoms with E-state index in [1.807, 2.05) is 0 Å². The first-order chi connectivity index (χ1) is 8.50. The Morgan fingerprint density at radius 3 is 2.72 bits per heavy atom. The van der Waals surface area contributed by atoms with Crippen LogP contribution in [0.3, 0.4) is 0 Å². The Balaban J connectivity index is 2.16. The van der Waals surface area contributed by atoms with Gasteiger partial charge < -0.3 is 10.7 Å². The van der Waals surface area contributed by atoms with Gasteiger partial charge in [-0.05, 0) is 37.6 Å². The largest absolute Gasteiger partial charge is 0.330 e. The van der Waals surface area contributed by atoms with Crippen molar-refractivity contribution in [1.82, 2.24) is 9.97 Å². The summed E-state index contributed by atoms with van der Waals surface area (Å²) < 4.78 is 0. The average molecular weight is 249 g/mol. The zero-order valence-corrected chi connectivity index (χ0v) is 11.3. The molecule has 1 heterocycles. The number of nitrogens with two attached hydrogens (primary N) is 1. The van der Waals surface area contributed by atoms with E-state index in [1.165, 1.54) is 12.8 Å². The Bertz CT molecular complexity index is 454. The van der Waals surface area contributed by atoms with Crippen molar-refractivity contribution in [3.63, 3.8) is 0 Å². The molecule has 4 nitrogen and oxygen atoms in total. The lowest BCUT2D eigenvalue weighted by molar-refractivity contribution is 0.220. The fourth-order valence-corrected chi connectivity index (χ4v) is 2.67. The van der Waals surface area contributed by atoms with Gasteiger partial charge >= 0.3 is 0 Å². The summed E-state index contributed by atoms with van der Waals surface area (Å²) in [5.41, 5.74) is 6.73. The van der Waals surface area contributed by atoms with Crippen molar-refractivity contribution in [2.75, 3.05) is 6.54 Å². The van der Waals surface area contributed by atoms with E-state index >= 15 is 0 Å². The van der Waals surface area contributed by atoms with E-state index in [-0.39, 0.29) is 5.56 Å². The number of hydrogen-bond acceptors (Lipinski definition) is 3. The second kappa shape index (κ2) is 5.22. The van der Waals surface area contributed by atoms with Gasteiger partial charge in [-0.15, -0.1) is 0 Å². The Labute approximate surface area is 108 Å². The van der Waals surface area contributed by atoms with Gasteiger partial charge in [-0.25, -0.2) is 4.98 Å². The van der Waals surface area contributed by atoms with E-state index < -0.39 is 0 Å². The third-order valence-electron chi connectivity index (χ3n) is 3.94. The Morgan fingerprint density at radius 1 is 1.44 bits per heavy atom. The van der Waals surface area contributed by atoms with Crippen LogP contribution in [0.5, 0.6) is 0 Å². The third kappa shape index (κ3) is 3.19. The number of aromatic amines is 1. The van der Waals surface area contributed by atoms with Crippen molar-refractivity contribution in [2.45, 2.75) is 51.9 Å². The first-order valence-corrected chi connectivity index (χ1v) is 6.80. The van der Waals surface area contributed by atoms with Crippen LogP contribution in [-0.2, 0) is 6.42 Å². The minimum Gasteiger partial charge on any atom is -0.330 e. The van der Waals surface area contributed by atoms with Crippen LogP contribution in [0.4, 0.5) is 0 Å². The van der Waals surface area contributed by atoms with Crippen LogP contribution in [0, 0.1) is 5.41 Å². The Kier molecular flexibility index (Phi) is 3.85. The molecule has 0 saturated heterocycles. The molecule has 1 aliphatic carbocycles. The molecular formula is C14H23N3O. The summed E-state index contributed by atoms with van der Waals surface area (Å²) in [5, 5.41) is 0. The van der Waals surface area contributed by atoms with Crippen LogP contribution in [0.2, 0.25) is 0 Å². The molecule has 0 radical (unpaired) electrons. The Hall–Kier alpha value is -1.16. The molecule has 1 aromatic heterocycles. The molecule has 1 aliphatic rings. The second-order valence-electron chi connectivity index (χ2n) is 6.10. The van der Waals surface area contributed by atoms with E-state index in [1.54, 1.807) is 6.07 Å². The highest BCUT2D eigenvalue weighted by atomic mass is 16.1. The van der Waals surface area contributed by atoms with Crippen molar-refractivity contribution >= 4 is 0 Å². The van der Waals surface area contributed by atoms with E-state index in [0.29, 0.717) is 24.3 Å². The SMILES string of the molecule is CC1(C)CCC(c2nc(CCN)cc(=O)[nH]2)CC1. The van der Waals surface area contributed by atoms with Gasteiger partial charge in [-0.1, -0.05) is 13.8 Å². The van der Waals surface area contributed by atoms with Gasteiger partial charge in [0.1, 0.15) is 5.82 Å². The summed E-state index contributed by atoms with van der Waals surface area (Å²) in [6.07, 6.45) is 5.30. The molecule has 1 aromatic rings. The summed E-state index contributed by atoms with van der Waals surface area (Å²) in [5.74, 6) is 1.27. The molecule has 0 unspecified atom stereocenters. The van der Waals surface area contributed by atoms with Crippen LogP contribution in [0.1, 0.15) is 57.0 Å². The maximum absolute atomic E-state index is 11.6. The van der Waals surface area contributed by atoms with Crippen LogP contribution >= 0.6 is 0 Å². The minimum atomic E-state index is -0.0479. The van der Waals surface area contributed by atoms with Crippen molar-refractivity contribution in [3.8, 4) is 0 Å². The molecule has 0 amide bonds. The number of nitrogens with one attached hydrogen (secondary N) is 1. The van der Waals surface area contributed by atoms with Gasteiger partial charge in [0.15, 0.2) is 0 Å². The number of rotatable bonds is 3. The smallest absolute Gasteiger partial charge is 0.251 e. The molecule has 4 heteroatoms. The molecule has 0 atom stereocenters. The fourth-order valence-electron chi connectivity index (χ4n) is 2.67. The van der Waals surface area contributed by atoms with E-state index in [2.05, 4.69) is 23.8 Å². The highest BCUT2D eigenvalue weighted by molar-refractivity contribution is 5.07. The zero-order chi connectivity index (χ0) is 13.2. The topological polar surface area (TPSA) is 71.8 Å². The van der Waals surface area contributed by atoms with E-state index in [9.17, 15) is 4.79 Å². The highest BCUT2D eigenvalue weighted by Gasteiger charge is 2.28. The molecule has 0 spiro atoms. The normalized spacial score (nSPS) is 19.9. The second-order valence-corrected chi connectivity index (χ2v) is 6.10. The first kappa shape index (κ1) is 13.3. The minimum absolute atomic E-state index is 0.0479. The van der Waals surface area contributed by atoms with Crippen molar-refractivity contribution in [2.24, 2.45) is 11.1 Å². The lowest BCUT2D eigenvalue weighted by Gasteiger charge is -2.33. The average Bonchev–Trinajstić information content (AvgIpc) is 2.28. The van der Waals surface area contributed by atoms with Crippen molar-refractivity contribution in [1.29, 1.82) is 0 Å². The third-order valence-corrected chi connectivity index (χ3v) is 3.94. The van der Waals surface area contributed by atoms with Crippen LogP contribution in [-0.4, -0.2) is 16.5 Å². The van der Waals surface area contributed by atoms with Gasteiger partial charge in [-0.3, -0.25) is 4.79 Å². The lowest BCUT2D eigenvalue weighted by Crippen LogP contribution is -2.24. The molecule has 0 aliphatic heterocycles. The van der Waals surface area contributed by atoms with Gasteiger partial charge in [0.2, 0.25) is 0 Å². The first-order valence-electron chi connectivity index (χ1n) is 6.80. The highest BCUT2D eigenvalue weighted by Crippen LogP contribution is 2.41. The quantitative estimate of drug-likeness (QED) is 0.860. The molecule has 2 rings (SSSR count). The van der Waals surface area contributed by atoms with Crippen LogP contribution < -0.4 is 11.3 Å². The van der Waals surface area contributed by atoms with Gasteiger partial charge in [-0.2, -0.15) is 0 Å². The maximum atomic E-state index is 11.6. The molecule has 100 valence electrons. The maximum Gasteiger partial charge on any atom is 0.251 e. The number of nitrogens with zero attached hydrogens (tertiary/aromatic N) is 1. The van der Waals surface area contributed by atoms with Gasteiger partial charge in [0.25, 0.3) is 5.56 Å². The molecule has 3 N–H and O–H groups in total. The molecule has 0 bridgehead atoms. The lowest BCUT2D eigenvalue weighted by atomic mass is 9.73. The van der Waals surface area contributed by atoms with Crippen molar-refractivity contribution in [3.05, 3.63) is 27.9 Å². The summed E-state index contributed by atoms with van der Waals surface area (Å²) >= 11 is 0. The molecule has 0 aromatic carbocycles. The Morgan fingerprint density at radius 2 is 2.11 bits per heavy atom. The number of hydrogen-bond donors (Lipinski definition) is 2. The predicted molar refractivity (Wildman–Crippen MR) is 72.6 cm³/mol. The van der Waals surface area contributed by atoms with E-state index in [0.717, 1.165) is 24.4 Å². The monoisotopic (exact) mass is 249 g/mol. The van der Waals surface area contributed by atoms with Crippen molar-refractivity contribution < 1.29 is 0 Å². The number of H-pyrrole nitrogens is 1. The molecule has 1 fully saturated rings. The summed E-state index contributed by atoms with van der Waals surface area (Å²) in [4.78, 5) is 19.1. The molecule has 1 saturated carbocycles. The predicted octanol–water partition coefficient (Wildman–Crippen LogP) is 1.95. The van der Waals surface area contributed by atoms with Crippen LogP contribution in [0.25, 0.3) is 0 Å². The van der Waals surface area contributed by atoms with E-state index in [4.69, 9.17) is 5.73 Å². The summed E-state index contributed by atoms with van der Waals surface area (Å²) in [7, 11) is 0. The fraction of sp³-hybridized carbons (Fsp3) is 0.714. The summed E-state index contributed by atoms with van der Waals surface area (Å²) in [6.45, 7) is 5.15. The van der Waals surface area contributed by atoms with Gasteiger partial charge in [0, 0.05) is 24.1 Å². The van der Waals surface area contributed by atoms with Crippen LogP contribution in [0.15, 0.2) is 10.9 Å². The standard InChI is InChI=1S/C14H23N3O/c1-14(2)6-3-10(4-7-14)13-16-11(5-8-15)9-12(18)17-13/h9-10H,3-8,15H2,1-2H3,(H,16,17,18). The molecular weight excluding hydrogens is 226 g/mol. The zero-order valence-electron chi connectivity index (χ0n) is 11.3. The van der Waals surface area contributed by atoms with Gasteiger partial charge in [0.05, 0.1) is 0 Å². The number of aromatic nitrogens is 2. The molecule has 18 heavy (non-hydrogen) atoms. The summed E-state index contributed by atoms with van der Waals surface area (Å²) in [6, 6.07) is 1.56.